The van der Waals surface area contributed by atoms with E-state index in [1.54, 1.807) is 11.3 Å². The number of benzene rings is 1. The molecule has 5 nitrogen and oxygen atoms in total. The van der Waals surface area contributed by atoms with E-state index in [0.717, 1.165) is 54.5 Å². The van der Waals surface area contributed by atoms with Gasteiger partial charge in [0.2, 0.25) is 5.89 Å². The second-order valence-electron chi connectivity index (χ2n) is 5.54. The van der Waals surface area contributed by atoms with Gasteiger partial charge in [-0.15, -0.1) is 11.3 Å². The van der Waals surface area contributed by atoms with Gasteiger partial charge in [0, 0.05) is 19.6 Å². The van der Waals surface area contributed by atoms with Crippen molar-refractivity contribution in [1.29, 1.82) is 0 Å². The molecule has 0 radical (unpaired) electrons. The van der Waals surface area contributed by atoms with E-state index in [9.17, 15) is 0 Å². The topological polar surface area (TPSA) is 50.9 Å². The van der Waals surface area contributed by atoms with Gasteiger partial charge in [-0.2, -0.15) is 4.99 Å². The maximum Gasteiger partial charge on any atom is 0.237 e. The monoisotopic (exact) mass is 357 g/mol. The van der Waals surface area contributed by atoms with Gasteiger partial charge < -0.3 is 9.15 Å². The number of thiophene rings is 1. The van der Waals surface area contributed by atoms with Crippen molar-refractivity contribution in [3.05, 3.63) is 35.2 Å². The Kier molecular flexibility index (Phi) is 4.51. The first-order valence-corrected chi connectivity index (χ1v) is 8.97. The van der Waals surface area contributed by atoms with Crippen molar-refractivity contribution in [1.82, 2.24) is 9.88 Å². The first-order chi connectivity index (χ1) is 11.8. The lowest BCUT2D eigenvalue weighted by Gasteiger charge is -2.26. The normalized spacial score (nSPS) is 15.5. The van der Waals surface area contributed by atoms with E-state index in [-0.39, 0.29) is 0 Å². The minimum atomic E-state index is 0.659. The van der Waals surface area contributed by atoms with Crippen LogP contribution in [0.3, 0.4) is 0 Å². The maximum absolute atomic E-state index is 5.94. The fraction of sp³-hybridized carbons (Fsp3) is 0.294. The number of aliphatic imine (C=N–C) groups is 1. The van der Waals surface area contributed by atoms with Gasteiger partial charge in [0.15, 0.2) is 5.58 Å². The molecule has 0 spiro atoms. The summed E-state index contributed by atoms with van der Waals surface area (Å²) in [5, 5.41) is 4.46. The van der Waals surface area contributed by atoms with Crippen LogP contribution in [0.15, 0.2) is 39.1 Å². The largest absolute Gasteiger partial charge is 0.435 e. The number of nitrogens with zero attached hydrogens (tertiary/aromatic N) is 3. The number of thiocarbonyl (C=S) groups is 1. The number of hydrogen-bond acceptors (Lipinski definition) is 7. The molecule has 0 N–H and O–H groups in total. The Morgan fingerprint density at radius 1 is 1.29 bits per heavy atom. The number of fused-ring (bicyclic) bond motifs is 1. The SMILES string of the molecule is S=C=Nc1ccc2oc(-c3sccc3CN3CCOCC3)nc2c1. The van der Waals surface area contributed by atoms with Crippen molar-refractivity contribution in [3.63, 3.8) is 0 Å². The third kappa shape index (κ3) is 3.17. The second-order valence-corrected chi connectivity index (χ2v) is 6.64. The van der Waals surface area contributed by atoms with Crippen LogP contribution in [0, 0.1) is 0 Å². The number of aromatic nitrogens is 1. The Hall–Kier alpha value is -1.89. The maximum atomic E-state index is 5.94. The molecule has 0 atom stereocenters. The van der Waals surface area contributed by atoms with E-state index >= 15 is 0 Å². The first-order valence-electron chi connectivity index (χ1n) is 7.69. The molecule has 1 fully saturated rings. The van der Waals surface area contributed by atoms with Gasteiger partial charge >= 0.3 is 0 Å². The van der Waals surface area contributed by atoms with Crippen LogP contribution in [-0.2, 0) is 11.3 Å². The third-order valence-corrected chi connectivity index (χ3v) is 5.02. The van der Waals surface area contributed by atoms with Gasteiger partial charge in [0.25, 0.3) is 0 Å². The lowest BCUT2D eigenvalue weighted by atomic mass is 10.2. The molecule has 0 amide bonds. The van der Waals surface area contributed by atoms with Crippen molar-refractivity contribution in [2.24, 2.45) is 4.99 Å². The van der Waals surface area contributed by atoms with Crippen LogP contribution in [0.25, 0.3) is 21.9 Å². The minimum Gasteiger partial charge on any atom is -0.435 e. The molecule has 1 saturated heterocycles. The van der Waals surface area contributed by atoms with Gasteiger partial charge in [-0.1, -0.05) is 0 Å². The van der Waals surface area contributed by atoms with Crippen LogP contribution in [0.1, 0.15) is 5.56 Å². The van der Waals surface area contributed by atoms with Gasteiger partial charge in [0.05, 0.1) is 28.9 Å². The molecule has 2 aromatic heterocycles. The average Bonchev–Trinajstić information content (AvgIpc) is 3.22. The fourth-order valence-electron chi connectivity index (χ4n) is 2.78. The van der Waals surface area contributed by atoms with Crippen molar-refractivity contribution in [3.8, 4) is 10.8 Å². The average molecular weight is 357 g/mol. The quantitative estimate of drug-likeness (QED) is 0.519. The number of rotatable bonds is 4. The molecule has 0 bridgehead atoms. The van der Waals surface area contributed by atoms with Gasteiger partial charge in [-0.3, -0.25) is 4.90 Å². The standard InChI is InChI=1S/C17H15N3O2S2/c23-11-18-13-1-2-15-14(9-13)19-17(22-15)16-12(3-8-24-16)10-20-4-6-21-7-5-20/h1-3,8-9H,4-7,10H2. The Morgan fingerprint density at radius 3 is 3.00 bits per heavy atom. The van der Waals surface area contributed by atoms with Crippen LogP contribution in [0.2, 0.25) is 0 Å². The van der Waals surface area contributed by atoms with Crippen LogP contribution < -0.4 is 0 Å². The number of oxazole rings is 1. The molecule has 0 aliphatic carbocycles. The third-order valence-electron chi connectivity index (χ3n) is 3.98. The molecule has 3 heterocycles. The number of morpholine rings is 1. The molecular weight excluding hydrogens is 342 g/mol. The lowest BCUT2D eigenvalue weighted by molar-refractivity contribution is 0.0343. The summed E-state index contributed by atoms with van der Waals surface area (Å²) in [6.07, 6.45) is 0. The summed E-state index contributed by atoms with van der Waals surface area (Å²) >= 11 is 6.30. The zero-order valence-electron chi connectivity index (χ0n) is 12.9. The van der Waals surface area contributed by atoms with E-state index in [2.05, 4.69) is 43.7 Å². The van der Waals surface area contributed by atoms with Crippen molar-refractivity contribution in [2.75, 3.05) is 26.3 Å². The summed E-state index contributed by atoms with van der Waals surface area (Å²) in [6, 6.07) is 7.72. The summed E-state index contributed by atoms with van der Waals surface area (Å²) < 4.78 is 11.4. The zero-order valence-corrected chi connectivity index (χ0v) is 14.5. The molecule has 0 saturated carbocycles. The zero-order chi connectivity index (χ0) is 16.4. The number of hydrogen-bond donors (Lipinski definition) is 0. The number of ether oxygens (including phenoxy) is 1. The van der Waals surface area contributed by atoms with E-state index in [1.807, 2.05) is 18.2 Å². The van der Waals surface area contributed by atoms with Gasteiger partial charge in [-0.05, 0) is 47.4 Å². The molecule has 24 heavy (non-hydrogen) atoms. The van der Waals surface area contributed by atoms with Gasteiger partial charge in [0.1, 0.15) is 5.52 Å². The van der Waals surface area contributed by atoms with Crippen LogP contribution in [-0.4, -0.2) is 41.3 Å². The highest BCUT2D eigenvalue weighted by atomic mass is 32.1. The van der Waals surface area contributed by atoms with Crippen molar-refractivity contribution in [2.45, 2.75) is 6.54 Å². The highest BCUT2D eigenvalue weighted by Crippen LogP contribution is 2.33. The molecule has 4 rings (SSSR count). The van der Waals surface area contributed by atoms with Crippen molar-refractivity contribution < 1.29 is 9.15 Å². The van der Waals surface area contributed by atoms with E-state index in [0.29, 0.717) is 5.89 Å². The smallest absolute Gasteiger partial charge is 0.237 e. The first kappa shape index (κ1) is 15.6. The molecule has 3 aromatic rings. The Labute approximate surface area is 148 Å². The molecule has 122 valence electrons. The predicted molar refractivity (Wildman–Crippen MR) is 98.1 cm³/mol. The Morgan fingerprint density at radius 2 is 2.17 bits per heavy atom. The lowest BCUT2D eigenvalue weighted by Crippen LogP contribution is -2.35. The summed E-state index contributed by atoms with van der Waals surface area (Å²) in [7, 11) is 0. The van der Waals surface area contributed by atoms with Crippen LogP contribution in [0.5, 0.6) is 0 Å². The predicted octanol–water partition coefficient (Wildman–Crippen LogP) is 4.12. The molecule has 1 aromatic carbocycles. The molecule has 7 heteroatoms. The Bertz CT molecular complexity index is 906. The summed E-state index contributed by atoms with van der Waals surface area (Å²) in [5.41, 5.74) is 3.50. The minimum absolute atomic E-state index is 0.659. The Balaban J connectivity index is 1.65. The van der Waals surface area contributed by atoms with E-state index in [1.165, 1.54) is 5.56 Å². The highest BCUT2D eigenvalue weighted by molar-refractivity contribution is 7.78. The van der Waals surface area contributed by atoms with E-state index in [4.69, 9.17) is 9.15 Å². The summed E-state index contributed by atoms with van der Waals surface area (Å²) in [5.74, 6) is 0.659. The molecule has 1 aliphatic rings. The van der Waals surface area contributed by atoms with Crippen LogP contribution in [0.4, 0.5) is 5.69 Å². The summed E-state index contributed by atoms with van der Waals surface area (Å²) in [6.45, 7) is 4.40. The fourth-order valence-corrected chi connectivity index (χ4v) is 3.73. The number of isothiocyanates is 1. The van der Waals surface area contributed by atoms with E-state index < -0.39 is 0 Å². The molecular formula is C17H15N3O2S2. The highest BCUT2D eigenvalue weighted by Gasteiger charge is 2.18. The molecule has 1 aliphatic heterocycles. The summed E-state index contributed by atoms with van der Waals surface area (Å²) in [4.78, 5) is 12.1. The second kappa shape index (κ2) is 6.93. The molecule has 0 unspecified atom stereocenters. The van der Waals surface area contributed by atoms with Crippen LogP contribution >= 0.6 is 23.6 Å². The van der Waals surface area contributed by atoms with Gasteiger partial charge in [-0.25, -0.2) is 4.98 Å². The van der Waals surface area contributed by atoms with Crippen molar-refractivity contribution >= 4 is 45.5 Å².